The van der Waals surface area contributed by atoms with Crippen molar-refractivity contribution in [1.29, 1.82) is 0 Å². The molecule has 2 unspecified atom stereocenters. The Hall–Kier alpha value is -0.580. The Kier molecular flexibility index (Phi) is 3.84. The summed E-state index contributed by atoms with van der Waals surface area (Å²) in [5, 5.41) is 3.51. The highest BCUT2D eigenvalue weighted by molar-refractivity contribution is 9.10. The van der Waals surface area contributed by atoms with Gasteiger partial charge in [0.2, 0.25) is 0 Å². The number of halogens is 1. The van der Waals surface area contributed by atoms with Crippen LogP contribution in [-0.4, -0.2) is 26.4 Å². The van der Waals surface area contributed by atoms with Gasteiger partial charge in [-0.1, -0.05) is 6.07 Å². The maximum atomic E-state index is 5.54. The van der Waals surface area contributed by atoms with E-state index in [2.05, 4.69) is 40.3 Å². The van der Waals surface area contributed by atoms with Crippen LogP contribution in [0.2, 0.25) is 0 Å². The largest absolute Gasteiger partial charge is 0.496 e. The fourth-order valence-electron chi connectivity index (χ4n) is 1.89. The molecule has 0 amide bonds. The summed E-state index contributed by atoms with van der Waals surface area (Å²) in [4.78, 5) is 0. The van der Waals surface area contributed by atoms with E-state index in [1.165, 1.54) is 5.56 Å². The standard InChI is InChI=1S/C12H16BrNO2/c1-8-6-16-7-11(14-8)9-3-4-12(15-2)10(13)5-9/h3-5,8,11,14H,6-7H2,1-2H3. The number of ether oxygens (including phenoxy) is 2. The lowest BCUT2D eigenvalue weighted by Gasteiger charge is -2.29. The van der Waals surface area contributed by atoms with Crippen molar-refractivity contribution in [3.05, 3.63) is 28.2 Å². The van der Waals surface area contributed by atoms with Gasteiger partial charge < -0.3 is 14.8 Å². The molecule has 0 saturated carbocycles. The highest BCUT2D eigenvalue weighted by Gasteiger charge is 2.20. The number of hydrogen-bond donors (Lipinski definition) is 1. The summed E-state index contributed by atoms with van der Waals surface area (Å²) in [5.74, 6) is 0.855. The van der Waals surface area contributed by atoms with Crippen molar-refractivity contribution in [2.75, 3.05) is 20.3 Å². The number of rotatable bonds is 2. The van der Waals surface area contributed by atoms with Crippen LogP contribution in [0.25, 0.3) is 0 Å². The molecule has 4 heteroatoms. The molecule has 1 N–H and O–H groups in total. The third-order valence-electron chi connectivity index (χ3n) is 2.72. The van der Waals surface area contributed by atoms with Gasteiger partial charge in [0.1, 0.15) is 5.75 Å². The predicted octanol–water partition coefficient (Wildman–Crippen LogP) is 2.51. The zero-order valence-electron chi connectivity index (χ0n) is 9.50. The Bertz CT molecular complexity index is 370. The second-order valence-electron chi connectivity index (χ2n) is 4.05. The lowest BCUT2D eigenvalue weighted by Crippen LogP contribution is -2.41. The quantitative estimate of drug-likeness (QED) is 0.906. The van der Waals surface area contributed by atoms with Gasteiger partial charge >= 0.3 is 0 Å². The third kappa shape index (κ3) is 2.56. The molecule has 0 bridgehead atoms. The van der Waals surface area contributed by atoms with Gasteiger partial charge in [0.25, 0.3) is 0 Å². The Balaban J connectivity index is 2.17. The minimum atomic E-state index is 0.269. The average Bonchev–Trinajstić information content (AvgIpc) is 2.29. The fraction of sp³-hybridized carbons (Fsp3) is 0.500. The van der Waals surface area contributed by atoms with E-state index in [0.29, 0.717) is 6.04 Å². The summed E-state index contributed by atoms with van der Waals surface area (Å²) in [6.45, 7) is 3.64. The molecule has 1 aromatic carbocycles. The van der Waals surface area contributed by atoms with Crippen LogP contribution in [0.1, 0.15) is 18.5 Å². The van der Waals surface area contributed by atoms with Crippen molar-refractivity contribution < 1.29 is 9.47 Å². The molecule has 3 nitrogen and oxygen atoms in total. The van der Waals surface area contributed by atoms with E-state index in [-0.39, 0.29) is 6.04 Å². The average molecular weight is 286 g/mol. The number of nitrogens with one attached hydrogen (secondary N) is 1. The molecule has 1 aromatic rings. The number of morpholine rings is 1. The molecular weight excluding hydrogens is 270 g/mol. The van der Waals surface area contributed by atoms with Gasteiger partial charge in [-0.25, -0.2) is 0 Å². The van der Waals surface area contributed by atoms with Crippen LogP contribution < -0.4 is 10.1 Å². The van der Waals surface area contributed by atoms with E-state index in [9.17, 15) is 0 Å². The van der Waals surface area contributed by atoms with Crippen molar-refractivity contribution in [2.45, 2.75) is 19.0 Å². The lowest BCUT2D eigenvalue weighted by molar-refractivity contribution is 0.0503. The zero-order chi connectivity index (χ0) is 11.5. The smallest absolute Gasteiger partial charge is 0.133 e. The predicted molar refractivity (Wildman–Crippen MR) is 66.9 cm³/mol. The molecule has 2 rings (SSSR count). The Morgan fingerprint density at radius 2 is 2.25 bits per heavy atom. The molecule has 0 radical (unpaired) electrons. The first kappa shape index (κ1) is 11.9. The summed E-state index contributed by atoms with van der Waals surface area (Å²) in [5.41, 5.74) is 1.22. The molecule has 1 heterocycles. The van der Waals surface area contributed by atoms with Crippen LogP contribution in [0.15, 0.2) is 22.7 Å². The van der Waals surface area contributed by atoms with E-state index in [4.69, 9.17) is 9.47 Å². The van der Waals surface area contributed by atoms with Crippen LogP contribution >= 0.6 is 15.9 Å². The summed E-state index contributed by atoms with van der Waals surface area (Å²) < 4.78 is 11.7. The third-order valence-corrected chi connectivity index (χ3v) is 3.34. The van der Waals surface area contributed by atoms with Crippen LogP contribution in [0.4, 0.5) is 0 Å². The summed E-state index contributed by atoms with van der Waals surface area (Å²) in [6.07, 6.45) is 0. The van der Waals surface area contributed by atoms with Crippen molar-refractivity contribution in [1.82, 2.24) is 5.32 Å². The molecular formula is C12H16BrNO2. The summed E-state index contributed by atoms with van der Waals surface area (Å²) in [7, 11) is 1.67. The normalized spacial score (nSPS) is 25.4. The van der Waals surface area contributed by atoms with Crippen LogP contribution in [-0.2, 0) is 4.74 Å². The van der Waals surface area contributed by atoms with E-state index >= 15 is 0 Å². The minimum absolute atomic E-state index is 0.269. The van der Waals surface area contributed by atoms with Gasteiger partial charge in [-0.2, -0.15) is 0 Å². The van der Waals surface area contributed by atoms with Gasteiger partial charge in [0.05, 0.1) is 30.8 Å². The van der Waals surface area contributed by atoms with E-state index < -0.39 is 0 Å². The van der Waals surface area contributed by atoms with Crippen molar-refractivity contribution in [3.63, 3.8) is 0 Å². The highest BCUT2D eigenvalue weighted by Crippen LogP contribution is 2.29. The Labute approximate surface area is 104 Å². The van der Waals surface area contributed by atoms with Crippen LogP contribution in [0.3, 0.4) is 0 Å². The van der Waals surface area contributed by atoms with Crippen molar-refractivity contribution in [3.8, 4) is 5.75 Å². The van der Waals surface area contributed by atoms with E-state index in [1.54, 1.807) is 7.11 Å². The molecule has 1 aliphatic heterocycles. The Morgan fingerprint density at radius 1 is 1.44 bits per heavy atom. The van der Waals surface area contributed by atoms with E-state index in [0.717, 1.165) is 23.4 Å². The minimum Gasteiger partial charge on any atom is -0.496 e. The second-order valence-corrected chi connectivity index (χ2v) is 4.91. The van der Waals surface area contributed by atoms with Gasteiger partial charge in [0, 0.05) is 6.04 Å². The molecule has 16 heavy (non-hydrogen) atoms. The van der Waals surface area contributed by atoms with Crippen LogP contribution in [0, 0.1) is 0 Å². The fourth-order valence-corrected chi connectivity index (χ4v) is 2.45. The maximum Gasteiger partial charge on any atom is 0.133 e. The lowest BCUT2D eigenvalue weighted by atomic mass is 10.1. The number of benzene rings is 1. The van der Waals surface area contributed by atoms with Gasteiger partial charge in [-0.15, -0.1) is 0 Å². The molecule has 1 fully saturated rings. The first-order valence-corrected chi connectivity index (χ1v) is 6.17. The molecule has 0 spiro atoms. The van der Waals surface area contributed by atoms with Crippen molar-refractivity contribution >= 4 is 15.9 Å². The number of methoxy groups -OCH3 is 1. The maximum absolute atomic E-state index is 5.54. The van der Waals surface area contributed by atoms with Crippen LogP contribution in [0.5, 0.6) is 5.75 Å². The Morgan fingerprint density at radius 3 is 2.88 bits per heavy atom. The SMILES string of the molecule is COc1ccc(C2COCC(C)N2)cc1Br. The van der Waals surface area contributed by atoms with Gasteiger partial charge in [-0.3, -0.25) is 0 Å². The molecule has 0 aromatic heterocycles. The summed E-state index contributed by atoms with van der Waals surface area (Å²) in [6, 6.07) is 6.80. The zero-order valence-corrected chi connectivity index (χ0v) is 11.1. The second kappa shape index (κ2) is 5.17. The molecule has 88 valence electrons. The van der Waals surface area contributed by atoms with E-state index in [1.807, 2.05) is 6.07 Å². The first-order chi connectivity index (χ1) is 7.70. The van der Waals surface area contributed by atoms with Crippen molar-refractivity contribution in [2.24, 2.45) is 0 Å². The first-order valence-electron chi connectivity index (χ1n) is 5.38. The topological polar surface area (TPSA) is 30.5 Å². The molecule has 1 aliphatic rings. The highest BCUT2D eigenvalue weighted by atomic mass is 79.9. The monoisotopic (exact) mass is 285 g/mol. The molecule has 0 aliphatic carbocycles. The summed E-state index contributed by atoms with van der Waals surface area (Å²) >= 11 is 3.50. The molecule has 2 atom stereocenters. The molecule has 1 saturated heterocycles. The number of hydrogen-bond acceptors (Lipinski definition) is 3. The van der Waals surface area contributed by atoms with Gasteiger partial charge in [-0.05, 0) is 40.5 Å². The van der Waals surface area contributed by atoms with Gasteiger partial charge in [0.15, 0.2) is 0 Å².